The zero-order valence-corrected chi connectivity index (χ0v) is 31.4. The molecule has 1 heterocycles. The molecule has 266 valence electrons. The largest absolute Gasteiger partial charge is 0.598 e. The van der Waals surface area contributed by atoms with Gasteiger partial charge in [-0.15, -0.1) is 4.72 Å². The first-order valence-corrected chi connectivity index (χ1v) is 17.6. The molecule has 0 saturated carbocycles. The predicted octanol–water partition coefficient (Wildman–Crippen LogP) is 6.56. The summed E-state index contributed by atoms with van der Waals surface area (Å²) in [5, 5.41) is 5.99. The third kappa shape index (κ3) is 13.9. The van der Waals surface area contributed by atoms with Crippen molar-refractivity contribution in [2.24, 2.45) is 11.8 Å². The molecule has 1 aliphatic rings. The van der Waals surface area contributed by atoms with Crippen molar-refractivity contribution in [1.82, 2.24) is 20.3 Å². The van der Waals surface area contributed by atoms with Gasteiger partial charge in [0.05, 0.1) is 22.0 Å². The molecule has 0 spiro atoms. The summed E-state index contributed by atoms with van der Waals surface area (Å²) in [4.78, 5) is 40.3. The molecular weight excluding hydrogens is 667 g/mol. The summed E-state index contributed by atoms with van der Waals surface area (Å²) in [7, 11) is 0. The minimum Gasteiger partial charge on any atom is -0.598 e. The zero-order valence-electron chi connectivity index (χ0n) is 29.1. The van der Waals surface area contributed by atoms with Crippen LogP contribution in [0.15, 0.2) is 24.8 Å². The van der Waals surface area contributed by atoms with Gasteiger partial charge in [0.15, 0.2) is 0 Å². The first-order chi connectivity index (χ1) is 21.6. The van der Waals surface area contributed by atoms with E-state index in [1.165, 1.54) is 0 Å². The molecule has 1 aromatic carbocycles. The van der Waals surface area contributed by atoms with E-state index in [1.807, 2.05) is 20.8 Å². The lowest BCUT2D eigenvalue weighted by Crippen LogP contribution is -2.51. The highest BCUT2D eigenvalue weighted by Gasteiger charge is 2.38. The zero-order chi connectivity index (χ0) is 35.7. The van der Waals surface area contributed by atoms with E-state index in [-0.39, 0.29) is 31.5 Å². The molecule has 2 rings (SSSR count). The van der Waals surface area contributed by atoms with Crippen LogP contribution in [0.1, 0.15) is 86.8 Å². The third-order valence-corrected chi connectivity index (χ3v) is 9.29. The van der Waals surface area contributed by atoms with Crippen molar-refractivity contribution in [3.8, 4) is 5.75 Å². The van der Waals surface area contributed by atoms with Gasteiger partial charge in [-0.05, 0) is 87.1 Å². The Hall–Kier alpha value is -2.38. The smallest absolute Gasteiger partial charge is 0.407 e. The van der Waals surface area contributed by atoms with Crippen LogP contribution in [-0.2, 0) is 25.6 Å². The molecule has 14 heteroatoms. The number of nitrogens with zero attached hydrogens (tertiary/aromatic N) is 1. The van der Waals surface area contributed by atoms with Crippen LogP contribution < -0.4 is 20.1 Å². The Morgan fingerprint density at radius 1 is 0.957 bits per heavy atom. The second-order valence-electron chi connectivity index (χ2n) is 14.5. The van der Waals surface area contributed by atoms with Crippen molar-refractivity contribution in [1.29, 1.82) is 0 Å². The van der Waals surface area contributed by atoms with Gasteiger partial charge in [0.1, 0.15) is 28.3 Å². The molecule has 11 nitrogen and oxygen atoms in total. The monoisotopic (exact) mass is 718 g/mol. The lowest BCUT2D eigenvalue weighted by molar-refractivity contribution is -0.136. The Kier molecular flexibility index (Phi) is 15.0. The number of amides is 3. The fraction of sp³-hybridized carbons (Fsp3) is 0.667. The number of halogens is 2. The fourth-order valence-electron chi connectivity index (χ4n) is 4.77. The Morgan fingerprint density at radius 3 is 1.89 bits per heavy atom. The Labute approximate surface area is 293 Å². The number of hydrogen-bond donors (Lipinski definition) is 3. The normalized spacial score (nSPS) is 15.9. The highest BCUT2D eigenvalue weighted by atomic mass is 35.5. The van der Waals surface area contributed by atoms with Crippen molar-refractivity contribution in [3.05, 3.63) is 40.4 Å². The maximum absolute atomic E-state index is 13.8. The van der Waals surface area contributed by atoms with Crippen LogP contribution in [0.2, 0.25) is 10.0 Å². The van der Waals surface area contributed by atoms with E-state index in [0.29, 0.717) is 47.3 Å². The molecule has 1 saturated heterocycles. The number of piperidine rings is 1. The van der Waals surface area contributed by atoms with Gasteiger partial charge in [-0.2, -0.15) is 0 Å². The van der Waals surface area contributed by atoms with Crippen LogP contribution >= 0.6 is 23.2 Å². The van der Waals surface area contributed by atoms with Gasteiger partial charge < -0.3 is 34.3 Å². The Balaban J connectivity index is 2.28. The molecular formula is C33H52Cl2N4O7S. The number of carbonyl (C=O) groups is 3. The summed E-state index contributed by atoms with van der Waals surface area (Å²) >= 11 is 11.4. The van der Waals surface area contributed by atoms with Gasteiger partial charge in [0, 0.05) is 49.2 Å². The average Bonchev–Trinajstić information content (AvgIpc) is 2.93. The highest BCUT2D eigenvalue weighted by molar-refractivity contribution is 7.90. The van der Waals surface area contributed by atoms with E-state index in [0.717, 1.165) is 0 Å². The quantitative estimate of drug-likeness (QED) is 0.163. The van der Waals surface area contributed by atoms with Gasteiger partial charge in [0.2, 0.25) is 5.91 Å². The number of rotatable bonds is 12. The van der Waals surface area contributed by atoms with Crippen LogP contribution in [0.3, 0.4) is 0 Å². The van der Waals surface area contributed by atoms with Crippen molar-refractivity contribution in [2.75, 3.05) is 32.8 Å². The van der Waals surface area contributed by atoms with Crippen molar-refractivity contribution in [3.63, 3.8) is 0 Å². The summed E-state index contributed by atoms with van der Waals surface area (Å²) in [6.45, 7) is 20.8. The molecule has 2 atom stereocenters. The first-order valence-electron chi connectivity index (χ1n) is 15.7. The van der Waals surface area contributed by atoms with Gasteiger partial charge in [-0.1, -0.05) is 35.9 Å². The molecule has 3 amide bonds. The molecule has 1 fully saturated rings. The number of carbonyl (C=O) groups excluding carboxylic acids is 3. The molecule has 0 radical (unpaired) electrons. The lowest BCUT2D eigenvalue weighted by Gasteiger charge is -2.39. The van der Waals surface area contributed by atoms with E-state index in [1.54, 1.807) is 64.7 Å². The van der Waals surface area contributed by atoms with Gasteiger partial charge >= 0.3 is 12.2 Å². The maximum atomic E-state index is 13.8. The van der Waals surface area contributed by atoms with Gasteiger partial charge in [-0.3, -0.25) is 4.79 Å². The number of ether oxygens (including phenoxy) is 3. The maximum Gasteiger partial charge on any atom is 0.407 e. The number of nitrogens with one attached hydrogen (secondary N) is 3. The van der Waals surface area contributed by atoms with Crippen LogP contribution in [0, 0.1) is 11.8 Å². The summed E-state index contributed by atoms with van der Waals surface area (Å²) in [5.74, 6) is -0.555. The Morgan fingerprint density at radius 2 is 1.45 bits per heavy atom. The summed E-state index contributed by atoms with van der Waals surface area (Å²) in [6, 6.07) is 2.95. The molecule has 1 unspecified atom stereocenters. The topological polar surface area (TPSA) is 141 Å². The predicted molar refractivity (Wildman–Crippen MR) is 187 cm³/mol. The van der Waals surface area contributed by atoms with E-state index in [9.17, 15) is 18.9 Å². The number of benzene rings is 1. The molecule has 1 aliphatic heterocycles. The van der Waals surface area contributed by atoms with E-state index < -0.39 is 51.5 Å². The summed E-state index contributed by atoms with van der Waals surface area (Å²) in [5.41, 5.74) is -0.719. The molecule has 0 bridgehead atoms. The Bertz CT molecular complexity index is 1210. The minimum atomic E-state index is -1.44. The van der Waals surface area contributed by atoms with Crippen LogP contribution in [0.5, 0.6) is 5.75 Å². The highest BCUT2D eigenvalue weighted by Crippen LogP contribution is 2.41. The summed E-state index contributed by atoms with van der Waals surface area (Å²) < 4.78 is 32.8. The molecule has 0 aliphatic carbocycles. The van der Waals surface area contributed by atoms with Gasteiger partial charge in [-0.25, -0.2) is 9.59 Å². The van der Waals surface area contributed by atoms with Crippen molar-refractivity contribution < 1.29 is 33.1 Å². The standard InChI is InChI=1S/C33H52Cl2N4O7S/c1-11-16-44-26-18-25(35)24(34)17-23(26)27(38-47(43)33(8,9)10)21-12-14-39(15-13-21)28(40)22(19-36-29(41)45-31(2,3)4)20-37-30(42)46-32(5,6)7/h11,17-18,21-22,27,38H,1,12-16,19-20H2,2-10H3,(H,36,41)(H,37,42)/t27?,47-/m0/s1. The van der Waals surface area contributed by atoms with Crippen molar-refractivity contribution in [2.45, 2.75) is 97.1 Å². The molecule has 47 heavy (non-hydrogen) atoms. The van der Waals surface area contributed by atoms with Crippen molar-refractivity contribution >= 4 is 52.7 Å². The number of hydrogen-bond acceptors (Lipinski definition) is 8. The SMILES string of the molecule is C=CCOc1cc(Cl)c(Cl)cc1C(N[S@@+]([O-])C(C)(C)C)C1CCN(C(=O)C(CNC(=O)OC(C)(C)C)CNC(=O)OC(C)(C)C)CC1. The molecule has 0 aromatic heterocycles. The van der Waals surface area contributed by atoms with E-state index in [2.05, 4.69) is 21.9 Å². The third-order valence-electron chi connectivity index (χ3n) is 6.99. The van der Waals surface area contributed by atoms with Crippen LogP contribution in [0.4, 0.5) is 9.59 Å². The summed E-state index contributed by atoms with van der Waals surface area (Å²) in [6.07, 6.45) is 1.43. The molecule has 3 N–H and O–H groups in total. The van der Waals surface area contributed by atoms with E-state index in [4.69, 9.17) is 37.4 Å². The fourth-order valence-corrected chi connectivity index (χ4v) is 6.00. The molecule has 1 aromatic rings. The second kappa shape index (κ2) is 17.3. The van der Waals surface area contributed by atoms with Crippen LogP contribution in [-0.4, -0.2) is 76.3 Å². The average molecular weight is 720 g/mol. The number of likely N-dealkylation sites (tertiary alicyclic amines) is 1. The second-order valence-corrected chi connectivity index (χ2v) is 17.3. The number of alkyl carbamates (subject to hydrolysis) is 2. The van der Waals surface area contributed by atoms with Gasteiger partial charge in [0.25, 0.3) is 0 Å². The van der Waals surface area contributed by atoms with Crippen LogP contribution in [0.25, 0.3) is 0 Å². The lowest BCUT2D eigenvalue weighted by atomic mass is 9.85. The first kappa shape index (κ1) is 40.8. The van der Waals surface area contributed by atoms with E-state index >= 15 is 0 Å². The minimum absolute atomic E-state index is 0.0492.